The molecule has 0 fully saturated rings. The number of nitrogens with one attached hydrogen (secondary N) is 1. The number of carbonyl (C=O) groups excluding carboxylic acids is 1. The number of anilines is 1. The van der Waals surface area contributed by atoms with Crippen molar-refractivity contribution in [3.05, 3.63) is 66.7 Å². The molecule has 1 N–H and O–H groups in total. The molecule has 0 saturated carbocycles. The molecule has 1 amide bonds. The number of methoxy groups -OCH3 is 1. The Morgan fingerprint density at radius 2 is 1.53 bits per heavy atom. The molecule has 0 bridgehead atoms. The molecule has 0 aliphatic rings. The van der Waals surface area contributed by atoms with Gasteiger partial charge in [-0.05, 0) is 61.4 Å². The van der Waals surface area contributed by atoms with Gasteiger partial charge >= 0.3 is 0 Å². The molecule has 4 nitrogen and oxygen atoms in total. The van der Waals surface area contributed by atoms with Gasteiger partial charge in [-0.3, -0.25) is 4.79 Å². The number of unbranched alkanes of at least 4 members (excludes halogenated alkanes) is 1. The predicted octanol–water partition coefficient (Wildman–Crippen LogP) is 6.58. The molecular weight excluding hydrogens is 372 g/mol. The Morgan fingerprint density at radius 3 is 2.07 bits per heavy atom. The number of pyridine rings is 1. The third-order valence-electron chi connectivity index (χ3n) is 5.35. The third kappa shape index (κ3) is 5.47. The van der Waals surface area contributed by atoms with Crippen LogP contribution in [0.4, 0.5) is 5.69 Å². The Morgan fingerprint density at radius 1 is 0.933 bits per heavy atom. The number of nitrogens with zero attached hydrogens (tertiary/aromatic N) is 1. The fourth-order valence-corrected chi connectivity index (χ4v) is 3.46. The molecule has 0 aliphatic carbocycles. The van der Waals surface area contributed by atoms with E-state index in [1.54, 1.807) is 7.11 Å². The molecule has 0 radical (unpaired) electrons. The summed E-state index contributed by atoms with van der Waals surface area (Å²) in [6, 6.07) is 21.8. The zero-order valence-corrected chi connectivity index (χ0v) is 18.0. The van der Waals surface area contributed by atoms with Gasteiger partial charge in [0.15, 0.2) is 0 Å². The second-order valence-corrected chi connectivity index (χ2v) is 7.45. The number of carbonyl (C=O) groups is 1. The van der Waals surface area contributed by atoms with Crippen LogP contribution < -0.4 is 10.1 Å². The normalized spacial score (nSPS) is 11.7. The van der Waals surface area contributed by atoms with E-state index in [4.69, 9.17) is 9.72 Å². The van der Waals surface area contributed by atoms with Gasteiger partial charge in [0, 0.05) is 22.7 Å². The zero-order valence-electron chi connectivity index (χ0n) is 18.0. The smallest absolute Gasteiger partial charge is 0.227 e. The molecule has 2 aromatic carbocycles. The van der Waals surface area contributed by atoms with Crippen molar-refractivity contribution in [1.82, 2.24) is 4.98 Å². The first-order valence-corrected chi connectivity index (χ1v) is 10.7. The lowest BCUT2D eigenvalue weighted by Crippen LogP contribution is -2.22. The number of rotatable bonds is 9. The van der Waals surface area contributed by atoms with Gasteiger partial charge in [0.05, 0.1) is 18.5 Å². The predicted molar refractivity (Wildman–Crippen MR) is 124 cm³/mol. The number of amides is 1. The van der Waals surface area contributed by atoms with Gasteiger partial charge < -0.3 is 10.1 Å². The lowest BCUT2D eigenvalue weighted by atomic mass is 9.98. The summed E-state index contributed by atoms with van der Waals surface area (Å²) in [5, 5.41) is 3.06. The van der Waals surface area contributed by atoms with Crippen LogP contribution in [0.1, 0.15) is 39.5 Å². The van der Waals surface area contributed by atoms with Crippen molar-refractivity contribution >= 4 is 11.6 Å². The molecule has 1 heterocycles. The van der Waals surface area contributed by atoms with Crippen LogP contribution in [0.15, 0.2) is 66.7 Å². The number of benzene rings is 2. The van der Waals surface area contributed by atoms with Crippen molar-refractivity contribution in [2.45, 2.75) is 39.5 Å². The fraction of sp³-hybridized carbons (Fsp3) is 0.308. The average molecular weight is 403 g/mol. The standard InChI is InChI=1S/C26H30N2O2/c1-4-6-8-19(5-2)26(29)27-22-15-11-20(12-16-22)24-9-7-10-25(28-24)21-13-17-23(30-3)18-14-21/h7,9-19H,4-6,8H2,1-3H3,(H,27,29). The second kappa shape index (κ2) is 10.6. The number of hydrogen-bond donors (Lipinski definition) is 1. The summed E-state index contributed by atoms with van der Waals surface area (Å²) in [6.07, 6.45) is 4.01. The first kappa shape index (κ1) is 21.6. The monoisotopic (exact) mass is 402 g/mol. The van der Waals surface area contributed by atoms with E-state index in [9.17, 15) is 4.79 Å². The minimum Gasteiger partial charge on any atom is -0.497 e. The summed E-state index contributed by atoms with van der Waals surface area (Å²) >= 11 is 0. The molecule has 156 valence electrons. The molecular formula is C26H30N2O2. The van der Waals surface area contributed by atoms with E-state index in [1.165, 1.54) is 0 Å². The van der Waals surface area contributed by atoms with Gasteiger partial charge in [0.2, 0.25) is 5.91 Å². The van der Waals surface area contributed by atoms with E-state index in [0.29, 0.717) is 0 Å². The summed E-state index contributed by atoms with van der Waals surface area (Å²) in [5.74, 6) is 1.01. The van der Waals surface area contributed by atoms with E-state index in [2.05, 4.69) is 19.2 Å². The SMILES string of the molecule is CCCCC(CC)C(=O)Nc1ccc(-c2cccc(-c3ccc(OC)cc3)n2)cc1. The lowest BCUT2D eigenvalue weighted by molar-refractivity contribution is -0.120. The van der Waals surface area contributed by atoms with Crippen molar-refractivity contribution in [3.8, 4) is 28.3 Å². The van der Waals surface area contributed by atoms with Gasteiger partial charge in [0.25, 0.3) is 0 Å². The molecule has 0 spiro atoms. The Hall–Kier alpha value is -3.14. The highest BCUT2D eigenvalue weighted by Crippen LogP contribution is 2.25. The number of hydrogen-bond acceptors (Lipinski definition) is 3. The second-order valence-electron chi connectivity index (χ2n) is 7.45. The van der Waals surface area contributed by atoms with Crippen LogP contribution in [0, 0.1) is 5.92 Å². The maximum Gasteiger partial charge on any atom is 0.227 e. The van der Waals surface area contributed by atoms with Gasteiger partial charge in [-0.2, -0.15) is 0 Å². The average Bonchev–Trinajstić information content (AvgIpc) is 2.80. The largest absolute Gasteiger partial charge is 0.497 e. The molecule has 0 aliphatic heterocycles. The molecule has 1 atom stereocenters. The lowest BCUT2D eigenvalue weighted by Gasteiger charge is -2.15. The van der Waals surface area contributed by atoms with Gasteiger partial charge in [-0.1, -0.05) is 44.9 Å². The van der Waals surface area contributed by atoms with Crippen molar-refractivity contribution in [1.29, 1.82) is 0 Å². The van der Waals surface area contributed by atoms with Crippen molar-refractivity contribution in [2.75, 3.05) is 12.4 Å². The maximum absolute atomic E-state index is 12.5. The van der Waals surface area contributed by atoms with E-state index in [-0.39, 0.29) is 11.8 Å². The Labute approximate surface area is 179 Å². The number of ether oxygens (including phenoxy) is 1. The van der Waals surface area contributed by atoms with Crippen molar-refractivity contribution < 1.29 is 9.53 Å². The molecule has 3 rings (SSSR count). The van der Waals surface area contributed by atoms with Gasteiger partial charge in [-0.15, -0.1) is 0 Å². The molecule has 3 aromatic rings. The summed E-state index contributed by atoms with van der Waals surface area (Å²) < 4.78 is 5.23. The highest BCUT2D eigenvalue weighted by atomic mass is 16.5. The van der Waals surface area contributed by atoms with Gasteiger partial charge in [0.1, 0.15) is 5.75 Å². The van der Waals surface area contributed by atoms with Crippen LogP contribution in [0.25, 0.3) is 22.5 Å². The third-order valence-corrected chi connectivity index (χ3v) is 5.35. The maximum atomic E-state index is 12.5. The highest BCUT2D eigenvalue weighted by Gasteiger charge is 2.15. The topological polar surface area (TPSA) is 51.2 Å². The van der Waals surface area contributed by atoms with E-state index in [1.807, 2.05) is 66.7 Å². The summed E-state index contributed by atoms with van der Waals surface area (Å²) in [4.78, 5) is 17.3. The van der Waals surface area contributed by atoms with E-state index >= 15 is 0 Å². The Kier molecular flexibility index (Phi) is 7.61. The Bertz CT molecular complexity index is 950. The summed E-state index contributed by atoms with van der Waals surface area (Å²) in [7, 11) is 1.66. The minimum atomic E-state index is 0.0764. The van der Waals surface area contributed by atoms with E-state index < -0.39 is 0 Å². The van der Waals surface area contributed by atoms with Crippen LogP contribution in [-0.2, 0) is 4.79 Å². The van der Waals surface area contributed by atoms with Crippen molar-refractivity contribution in [3.63, 3.8) is 0 Å². The van der Waals surface area contributed by atoms with Crippen LogP contribution in [0.2, 0.25) is 0 Å². The minimum absolute atomic E-state index is 0.0764. The van der Waals surface area contributed by atoms with E-state index in [0.717, 1.165) is 59.6 Å². The molecule has 1 unspecified atom stereocenters. The highest BCUT2D eigenvalue weighted by molar-refractivity contribution is 5.92. The van der Waals surface area contributed by atoms with Gasteiger partial charge in [-0.25, -0.2) is 4.98 Å². The summed E-state index contributed by atoms with van der Waals surface area (Å²) in [6.45, 7) is 4.23. The van der Waals surface area contributed by atoms with Crippen molar-refractivity contribution in [2.24, 2.45) is 5.92 Å². The first-order chi connectivity index (χ1) is 14.6. The fourth-order valence-electron chi connectivity index (χ4n) is 3.46. The molecule has 1 aromatic heterocycles. The molecule has 0 saturated heterocycles. The van der Waals surface area contributed by atoms with Crippen LogP contribution in [0.3, 0.4) is 0 Å². The van der Waals surface area contributed by atoms with Crippen LogP contribution >= 0.6 is 0 Å². The Balaban J connectivity index is 1.72. The van der Waals surface area contributed by atoms with Crippen LogP contribution in [0.5, 0.6) is 5.75 Å². The number of aromatic nitrogens is 1. The quantitative estimate of drug-likeness (QED) is 0.440. The molecule has 4 heteroatoms. The zero-order chi connectivity index (χ0) is 21.3. The van der Waals surface area contributed by atoms with Crippen LogP contribution in [-0.4, -0.2) is 18.0 Å². The summed E-state index contributed by atoms with van der Waals surface area (Å²) in [5.41, 5.74) is 4.69. The molecule has 30 heavy (non-hydrogen) atoms. The first-order valence-electron chi connectivity index (χ1n) is 10.7.